The zero-order valence-electron chi connectivity index (χ0n) is 12.6. The van der Waals surface area contributed by atoms with Crippen molar-refractivity contribution in [3.8, 4) is 5.75 Å². The van der Waals surface area contributed by atoms with Gasteiger partial charge in [0.05, 0.1) is 18.2 Å². The third-order valence-corrected chi connectivity index (χ3v) is 2.97. The maximum atomic E-state index is 6.33. The van der Waals surface area contributed by atoms with E-state index < -0.39 is 0 Å². The van der Waals surface area contributed by atoms with Gasteiger partial charge in [-0.2, -0.15) is 0 Å². The molecule has 0 spiro atoms. The van der Waals surface area contributed by atoms with Gasteiger partial charge in [0, 0.05) is 6.61 Å². The maximum Gasteiger partial charge on any atom is 0.120 e. The zero-order valence-corrected chi connectivity index (χ0v) is 12.6. The van der Waals surface area contributed by atoms with Gasteiger partial charge in [-0.3, -0.25) is 0 Å². The first-order valence-corrected chi connectivity index (χ1v) is 7.22. The second-order valence-electron chi connectivity index (χ2n) is 5.05. The molecule has 1 aromatic carbocycles. The molecule has 0 radical (unpaired) electrons. The molecule has 0 amide bonds. The van der Waals surface area contributed by atoms with Crippen molar-refractivity contribution in [1.29, 1.82) is 0 Å². The van der Waals surface area contributed by atoms with Gasteiger partial charge in [0.25, 0.3) is 0 Å². The summed E-state index contributed by atoms with van der Waals surface area (Å²) in [5.41, 5.74) is 7.40. The second kappa shape index (κ2) is 8.18. The Hall–Kier alpha value is -1.06. The summed E-state index contributed by atoms with van der Waals surface area (Å²) in [7, 11) is 0. The molecule has 0 aliphatic rings. The van der Waals surface area contributed by atoms with E-state index in [1.807, 2.05) is 45.0 Å². The Morgan fingerprint density at radius 1 is 1.21 bits per heavy atom. The molecule has 1 aromatic rings. The van der Waals surface area contributed by atoms with Crippen LogP contribution in [0.3, 0.4) is 0 Å². The number of nitrogens with two attached hydrogens (primary N) is 1. The maximum absolute atomic E-state index is 6.33. The minimum atomic E-state index is -0.101. The summed E-state index contributed by atoms with van der Waals surface area (Å²) in [5, 5.41) is 0. The van der Waals surface area contributed by atoms with Crippen LogP contribution in [-0.4, -0.2) is 18.8 Å². The summed E-state index contributed by atoms with van der Waals surface area (Å²) >= 11 is 0. The standard InChI is InChI=1S/C16H27NO2/c1-5-8-15(18-6-2)16(17)13-9-7-10-14(11-13)19-12(3)4/h7,9-12,15-16H,5-6,8,17H2,1-4H3. The van der Waals surface area contributed by atoms with Gasteiger partial charge in [-0.15, -0.1) is 0 Å². The predicted octanol–water partition coefficient (Wildman–Crippen LogP) is 3.68. The van der Waals surface area contributed by atoms with Gasteiger partial charge in [-0.1, -0.05) is 25.5 Å². The highest BCUT2D eigenvalue weighted by atomic mass is 16.5. The molecule has 1 rings (SSSR count). The molecule has 108 valence electrons. The van der Waals surface area contributed by atoms with Gasteiger partial charge < -0.3 is 15.2 Å². The molecule has 0 aliphatic heterocycles. The van der Waals surface area contributed by atoms with E-state index in [0.717, 1.165) is 24.2 Å². The summed E-state index contributed by atoms with van der Waals surface area (Å²) in [6.45, 7) is 8.89. The number of hydrogen-bond donors (Lipinski definition) is 1. The van der Waals surface area contributed by atoms with Crippen LogP contribution in [0.25, 0.3) is 0 Å². The number of hydrogen-bond acceptors (Lipinski definition) is 3. The van der Waals surface area contributed by atoms with Crippen LogP contribution in [0, 0.1) is 0 Å². The molecule has 0 fully saturated rings. The van der Waals surface area contributed by atoms with Crippen molar-refractivity contribution in [1.82, 2.24) is 0 Å². The van der Waals surface area contributed by atoms with E-state index in [4.69, 9.17) is 15.2 Å². The Kier molecular flexibility index (Phi) is 6.89. The fourth-order valence-corrected chi connectivity index (χ4v) is 2.15. The first kappa shape index (κ1) is 16.0. The zero-order chi connectivity index (χ0) is 14.3. The lowest BCUT2D eigenvalue weighted by Crippen LogP contribution is -2.29. The average molecular weight is 265 g/mol. The van der Waals surface area contributed by atoms with Crippen molar-refractivity contribution >= 4 is 0 Å². The second-order valence-corrected chi connectivity index (χ2v) is 5.05. The highest BCUT2D eigenvalue weighted by Gasteiger charge is 2.19. The van der Waals surface area contributed by atoms with Gasteiger partial charge in [0.15, 0.2) is 0 Å². The minimum absolute atomic E-state index is 0.0734. The molecular weight excluding hydrogens is 238 g/mol. The highest BCUT2D eigenvalue weighted by Crippen LogP contribution is 2.24. The van der Waals surface area contributed by atoms with Gasteiger partial charge in [0.2, 0.25) is 0 Å². The van der Waals surface area contributed by atoms with Crippen LogP contribution < -0.4 is 10.5 Å². The Morgan fingerprint density at radius 3 is 2.53 bits per heavy atom. The van der Waals surface area contributed by atoms with Crippen LogP contribution in [0.2, 0.25) is 0 Å². The van der Waals surface area contributed by atoms with Crippen LogP contribution in [-0.2, 0) is 4.74 Å². The Morgan fingerprint density at radius 2 is 1.95 bits per heavy atom. The molecule has 2 unspecified atom stereocenters. The van der Waals surface area contributed by atoms with Crippen LogP contribution in [0.4, 0.5) is 0 Å². The Labute approximate surface area is 117 Å². The van der Waals surface area contributed by atoms with E-state index in [1.165, 1.54) is 0 Å². The molecule has 0 saturated carbocycles. The Balaban J connectivity index is 2.81. The molecule has 0 bridgehead atoms. The fraction of sp³-hybridized carbons (Fsp3) is 0.625. The van der Waals surface area contributed by atoms with Crippen molar-refractivity contribution in [3.05, 3.63) is 29.8 Å². The SMILES string of the molecule is CCCC(OCC)C(N)c1cccc(OC(C)C)c1. The molecule has 2 N–H and O–H groups in total. The van der Waals surface area contributed by atoms with Crippen molar-refractivity contribution in [2.24, 2.45) is 5.73 Å². The summed E-state index contributed by atoms with van der Waals surface area (Å²) in [4.78, 5) is 0. The van der Waals surface area contributed by atoms with Gasteiger partial charge in [-0.05, 0) is 44.9 Å². The highest BCUT2D eigenvalue weighted by molar-refractivity contribution is 5.31. The molecule has 0 heterocycles. The number of rotatable bonds is 8. The first-order valence-electron chi connectivity index (χ1n) is 7.22. The largest absolute Gasteiger partial charge is 0.491 e. The molecule has 0 aromatic heterocycles. The van der Waals surface area contributed by atoms with E-state index in [-0.39, 0.29) is 18.2 Å². The van der Waals surface area contributed by atoms with Gasteiger partial charge >= 0.3 is 0 Å². The Bertz CT molecular complexity index is 360. The average Bonchev–Trinajstić information content (AvgIpc) is 2.37. The van der Waals surface area contributed by atoms with E-state index in [9.17, 15) is 0 Å². The van der Waals surface area contributed by atoms with Crippen LogP contribution in [0.15, 0.2) is 24.3 Å². The van der Waals surface area contributed by atoms with Gasteiger partial charge in [-0.25, -0.2) is 0 Å². The third-order valence-electron chi connectivity index (χ3n) is 2.97. The molecule has 0 aliphatic carbocycles. The van der Waals surface area contributed by atoms with Crippen molar-refractivity contribution in [2.75, 3.05) is 6.61 Å². The molecule has 3 nitrogen and oxygen atoms in total. The van der Waals surface area contributed by atoms with E-state index in [2.05, 4.69) is 6.92 Å². The number of ether oxygens (including phenoxy) is 2. The molecule has 3 heteroatoms. The van der Waals surface area contributed by atoms with Crippen molar-refractivity contribution in [3.63, 3.8) is 0 Å². The molecular formula is C16H27NO2. The van der Waals surface area contributed by atoms with E-state index in [1.54, 1.807) is 0 Å². The topological polar surface area (TPSA) is 44.5 Å². The fourth-order valence-electron chi connectivity index (χ4n) is 2.15. The third kappa shape index (κ3) is 5.21. The minimum Gasteiger partial charge on any atom is -0.491 e. The lowest BCUT2D eigenvalue weighted by Gasteiger charge is -2.24. The monoisotopic (exact) mass is 265 g/mol. The lowest BCUT2D eigenvalue weighted by molar-refractivity contribution is 0.0374. The summed E-state index contributed by atoms with van der Waals surface area (Å²) in [6, 6.07) is 7.91. The van der Waals surface area contributed by atoms with Crippen molar-refractivity contribution in [2.45, 2.75) is 58.8 Å². The number of benzene rings is 1. The first-order chi connectivity index (χ1) is 9.08. The molecule has 0 saturated heterocycles. The quantitative estimate of drug-likeness (QED) is 0.780. The lowest BCUT2D eigenvalue weighted by atomic mass is 9.99. The summed E-state index contributed by atoms with van der Waals surface area (Å²) in [6.07, 6.45) is 2.29. The summed E-state index contributed by atoms with van der Waals surface area (Å²) < 4.78 is 11.5. The normalized spacial score (nSPS) is 14.4. The smallest absolute Gasteiger partial charge is 0.120 e. The van der Waals surface area contributed by atoms with Crippen LogP contribution in [0.5, 0.6) is 5.75 Å². The van der Waals surface area contributed by atoms with Crippen LogP contribution in [0.1, 0.15) is 52.1 Å². The van der Waals surface area contributed by atoms with Crippen LogP contribution >= 0.6 is 0 Å². The van der Waals surface area contributed by atoms with E-state index >= 15 is 0 Å². The van der Waals surface area contributed by atoms with Crippen molar-refractivity contribution < 1.29 is 9.47 Å². The van der Waals surface area contributed by atoms with E-state index in [0.29, 0.717) is 6.61 Å². The predicted molar refractivity (Wildman–Crippen MR) is 79.5 cm³/mol. The molecule has 19 heavy (non-hydrogen) atoms. The summed E-state index contributed by atoms with van der Waals surface area (Å²) in [5.74, 6) is 0.870. The molecule has 2 atom stereocenters. The van der Waals surface area contributed by atoms with Gasteiger partial charge in [0.1, 0.15) is 5.75 Å².